The fraction of sp³-hybridized carbons (Fsp3) is 0.150. The molecule has 1 aliphatic rings. The third-order valence-electron chi connectivity index (χ3n) is 5.04. The molecule has 0 spiro atoms. The van der Waals surface area contributed by atoms with Crippen molar-refractivity contribution in [1.29, 1.82) is 0 Å². The van der Waals surface area contributed by atoms with Crippen LogP contribution in [0.1, 0.15) is 6.17 Å². The van der Waals surface area contributed by atoms with Gasteiger partial charge in [-0.1, -0.05) is 17.3 Å². The SMILES string of the molecule is COc1cc2c(cc1-c1cnoc1)ncc1[nH]c(=O)n(C(N)C3=CC=CCN3)c12. The topological polar surface area (TPSA) is 124 Å². The van der Waals surface area contributed by atoms with Crippen LogP contribution in [-0.4, -0.2) is 33.3 Å². The molecule has 29 heavy (non-hydrogen) atoms. The Balaban J connectivity index is 1.79. The second-order valence-electron chi connectivity index (χ2n) is 6.68. The van der Waals surface area contributed by atoms with E-state index in [1.165, 1.54) is 4.57 Å². The molecule has 9 heteroatoms. The van der Waals surface area contributed by atoms with Crippen molar-refractivity contribution in [2.75, 3.05) is 13.7 Å². The van der Waals surface area contributed by atoms with Crippen LogP contribution in [0, 0.1) is 0 Å². The van der Waals surface area contributed by atoms with E-state index < -0.39 is 6.17 Å². The van der Waals surface area contributed by atoms with Gasteiger partial charge in [0.15, 0.2) is 0 Å². The van der Waals surface area contributed by atoms with Crippen LogP contribution in [0.25, 0.3) is 33.1 Å². The van der Waals surface area contributed by atoms with Gasteiger partial charge in [0.2, 0.25) is 0 Å². The van der Waals surface area contributed by atoms with Crippen LogP contribution in [0.2, 0.25) is 0 Å². The van der Waals surface area contributed by atoms with Crippen LogP contribution in [0.5, 0.6) is 5.75 Å². The fourth-order valence-electron chi connectivity index (χ4n) is 3.65. The van der Waals surface area contributed by atoms with Crippen molar-refractivity contribution in [2.24, 2.45) is 5.73 Å². The Morgan fingerprint density at radius 3 is 2.97 bits per heavy atom. The smallest absolute Gasteiger partial charge is 0.328 e. The van der Waals surface area contributed by atoms with Gasteiger partial charge < -0.3 is 25.3 Å². The maximum absolute atomic E-state index is 12.7. The van der Waals surface area contributed by atoms with E-state index in [9.17, 15) is 4.79 Å². The highest BCUT2D eigenvalue weighted by atomic mass is 16.5. The number of nitrogens with zero attached hydrogens (tertiary/aromatic N) is 3. The van der Waals surface area contributed by atoms with E-state index in [2.05, 4.69) is 20.4 Å². The van der Waals surface area contributed by atoms with Gasteiger partial charge in [0.05, 0.1) is 36.1 Å². The van der Waals surface area contributed by atoms with Gasteiger partial charge in [0, 0.05) is 28.8 Å². The maximum Gasteiger partial charge on any atom is 0.328 e. The summed E-state index contributed by atoms with van der Waals surface area (Å²) in [6.07, 6.45) is 9.88. The average Bonchev–Trinajstić information content (AvgIpc) is 3.40. The van der Waals surface area contributed by atoms with Crippen LogP contribution in [-0.2, 0) is 0 Å². The van der Waals surface area contributed by atoms with Gasteiger partial charge in [0.25, 0.3) is 0 Å². The van der Waals surface area contributed by atoms with Gasteiger partial charge in [-0.05, 0) is 18.2 Å². The predicted octanol–water partition coefficient (Wildman–Crippen LogP) is 2.04. The number of nitrogens with one attached hydrogen (secondary N) is 2. The molecule has 0 bridgehead atoms. The molecule has 4 aromatic rings. The van der Waals surface area contributed by atoms with Gasteiger partial charge in [-0.25, -0.2) is 4.79 Å². The van der Waals surface area contributed by atoms with Crippen molar-refractivity contribution in [1.82, 2.24) is 25.0 Å². The number of hydrogen-bond acceptors (Lipinski definition) is 7. The Bertz CT molecular complexity index is 1330. The summed E-state index contributed by atoms with van der Waals surface area (Å²) >= 11 is 0. The van der Waals surface area contributed by atoms with E-state index in [-0.39, 0.29) is 5.69 Å². The summed E-state index contributed by atoms with van der Waals surface area (Å²) < 4.78 is 12.1. The molecule has 146 valence electrons. The van der Waals surface area contributed by atoms with Gasteiger partial charge in [0.1, 0.15) is 18.2 Å². The summed E-state index contributed by atoms with van der Waals surface area (Å²) in [6.45, 7) is 0.662. The summed E-state index contributed by atoms with van der Waals surface area (Å²) in [4.78, 5) is 20.1. The first kappa shape index (κ1) is 17.3. The standard InChI is InChI=1S/C20H18N6O3/c1-28-17-7-13-15(6-12(17)11-8-24-29-10-11)23-9-16-18(13)26(20(27)25-16)19(21)14-4-2-3-5-22-14/h2-4,6-10,19,22H,5,21H2,1H3,(H,25,27). The Morgan fingerprint density at radius 2 is 2.24 bits per heavy atom. The first-order valence-electron chi connectivity index (χ1n) is 9.04. The van der Waals surface area contributed by atoms with Crippen molar-refractivity contribution in [3.8, 4) is 16.9 Å². The number of rotatable bonds is 4. The third kappa shape index (κ3) is 2.71. The molecule has 1 aliphatic heterocycles. The summed E-state index contributed by atoms with van der Waals surface area (Å²) in [6, 6.07) is 3.74. The molecule has 0 aliphatic carbocycles. The number of nitrogens with two attached hydrogens (primary N) is 1. The molecule has 0 amide bonds. The Labute approximate surface area is 164 Å². The molecule has 1 atom stereocenters. The molecule has 3 aromatic heterocycles. The van der Waals surface area contributed by atoms with Crippen molar-refractivity contribution >= 4 is 21.9 Å². The van der Waals surface area contributed by atoms with Gasteiger partial charge in [-0.2, -0.15) is 0 Å². The van der Waals surface area contributed by atoms with Gasteiger partial charge >= 0.3 is 5.69 Å². The Kier molecular flexibility index (Phi) is 3.95. The molecule has 1 aromatic carbocycles. The first-order valence-corrected chi connectivity index (χ1v) is 9.04. The normalized spacial score (nSPS) is 14.8. The van der Waals surface area contributed by atoms with Crippen molar-refractivity contribution in [3.05, 3.63) is 65.2 Å². The number of allylic oxidation sites excluding steroid dienone is 2. The zero-order valence-corrected chi connectivity index (χ0v) is 15.5. The molecular weight excluding hydrogens is 372 g/mol. The van der Waals surface area contributed by atoms with Crippen molar-refractivity contribution in [2.45, 2.75) is 6.17 Å². The Hall–Kier alpha value is -3.85. The zero-order valence-electron chi connectivity index (χ0n) is 15.5. The largest absolute Gasteiger partial charge is 0.496 e. The van der Waals surface area contributed by atoms with E-state index in [0.29, 0.717) is 28.8 Å². The highest BCUT2D eigenvalue weighted by Gasteiger charge is 2.21. The molecule has 4 heterocycles. The number of fused-ring (bicyclic) bond motifs is 3. The molecule has 0 saturated carbocycles. The molecule has 9 nitrogen and oxygen atoms in total. The summed E-state index contributed by atoms with van der Waals surface area (Å²) in [5, 5.41) is 7.73. The highest BCUT2D eigenvalue weighted by molar-refractivity contribution is 6.04. The van der Waals surface area contributed by atoms with Crippen molar-refractivity contribution in [3.63, 3.8) is 0 Å². The minimum absolute atomic E-state index is 0.305. The number of imidazole rings is 1. The molecule has 0 saturated heterocycles. The molecular formula is C20H18N6O3. The van der Waals surface area contributed by atoms with E-state index in [1.807, 2.05) is 30.4 Å². The molecule has 5 rings (SSSR count). The lowest BCUT2D eigenvalue weighted by atomic mass is 10.0. The highest BCUT2D eigenvalue weighted by Crippen LogP contribution is 2.36. The second-order valence-corrected chi connectivity index (χ2v) is 6.68. The number of aromatic nitrogens is 4. The number of H-pyrrole nitrogens is 1. The van der Waals surface area contributed by atoms with Crippen LogP contribution < -0.4 is 21.5 Å². The Morgan fingerprint density at radius 1 is 1.34 bits per heavy atom. The van der Waals surface area contributed by atoms with Crippen LogP contribution in [0.4, 0.5) is 0 Å². The minimum atomic E-state index is -0.671. The number of methoxy groups -OCH3 is 1. The van der Waals surface area contributed by atoms with Crippen LogP contribution >= 0.6 is 0 Å². The number of pyridine rings is 1. The van der Waals surface area contributed by atoms with Crippen LogP contribution in [0.15, 0.2) is 64.0 Å². The van der Waals surface area contributed by atoms with E-state index in [0.717, 1.165) is 22.2 Å². The van der Waals surface area contributed by atoms with Crippen molar-refractivity contribution < 1.29 is 9.26 Å². The first-order chi connectivity index (χ1) is 14.2. The lowest BCUT2D eigenvalue weighted by Crippen LogP contribution is -2.35. The third-order valence-corrected chi connectivity index (χ3v) is 5.04. The molecule has 0 radical (unpaired) electrons. The monoisotopic (exact) mass is 390 g/mol. The number of ether oxygens (including phenoxy) is 1. The van der Waals surface area contributed by atoms with E-state index >= 15 is 0 Å². The summed E-state index contributed by atoms with van der Waals surface area (Å²) in [5.41, 5.74) is 10.4. The number of aromatic amines is 1. The van der Waals surface area contributed by atoms with Gasteiger partial charge in [-0.3, -0.25) is 9.55 Å². The maximum atomic E-state index is 12.7. The summed E-state index contributed by atoms with van der Waals surface area (Å²) in [5.74, 6) is 0.613. The molecule has 1 unspecified atom stereocenters. The van der Waals surface area contributed by atoms with Crippen LogP contribution in [0.3, 0.4) is 0 Å². The average molecular weight is 390 g/mol. The van der Waals surface area contributed by atoms with Gasteiger partial charge in [-0.15, -0.1) is 0 Å². The predicted molar refractivity (Wildman–Crippen MR) is 108 cm³/mol. The lowest BCUT2D eigenvalue weighted by molar-refractivity contribution is 0.415. The number of hydrogen-bond donors (Lipinski definition) is 3. The number of dihydropyridines is 1. The second kappa shape index (κ2) is 6.64. The van der Waals surface area contributed by atoms with E-state index in [1.54, 1.807) is 25.8 Å². The molecule has 4 N–H and O–H groups in total. The molecule has 0 fully saturated rings. The lowest BCUT2D eigenvalue weighted by Gasteiger charge is -2.21. The zero-order chi connectivity index (χ0) is 20.0. The minimum Gasteiger partial charge on any atom is -0.496 e. The number of benzene rings is 1. The van der Waals surface area contributed by atoms with E-state index in [4.69, 9.17) is 15.0 Å². The fourth-order valence-corrected chi connectivity index (χ4v) is 3.65. The quantitative estimate of drug-likeness (QED) is 0.487. The summed E-state index contributed by atoms with van der Waals surface area (Å²) in [7, 11) is 1.59.